The highest BCUT2D eigenvalue weighted by Crippen LogP contribution is 2.58. The van der Waals surface area contributed by atoms with Crippen LogP contribution >= 0.6 is 0 Å². The van der Waals surface area contributed by atoms with Crippen molar-refractivity contribution in [2.24, 2.45) is 0 Å². The van der Waals surface area contributed by atoms with Crippen molar-refractivity contribution in [3.63, 3.8) is 0 Å². The predicted octanol–water partition coefficient (Wildman–Crippen LogP) is 16.1. The molecule has 0 bridgehead atoms. The molecule has 1 aliphatic carbocycles. The molecule has 0 radical (unpaired) electrons. The number of para-hydroxylation sites is 2. The molecular formula is C59H41N. The van der Waals surface area contributed by atoms with Crippen molar-refractivity contribution in [2.75, 3.05) is 0 Å². The lowest BCUT2D eigenvalue weighted by Crippen LogP contribution is -2.15. The third kappa shape index (κ3) is 4.99. The molecule has 0 aliphatic heterocycles. The average Bonchev–Trinajstić information content (AvgIpc) is 3.76. The van der Waals surface area contributed by atoms with Crippen molar-refractivity contribution < 1.29 is 0 Å². The van der Waals surface area contributed by atoms with Crippen molar-refractivity contribution in [2.45, 2.75) is 19.3 Å². The van der Waals surface area contributed by atoms with Crippen molar-refractivity contribution >= 4 is 43.4 Å². The van der Waals surface area contributed by atoms with Gasteiger partial charge in [0.15, 0.2) is 0 Å². The average molecular weight is 764 g/mol. The van der Waals surface area contributed by atoms with Crippen LogP contribution in [0.4, 0.5) is 0 Å². The molecule has 0 atom stereocenters. The molecule has 10 aromatic carbocycles. The standard InChI is InChI=1S/C59H41N/c1-59(2)51-32-18-16-30-47(51)56-50(37-53-57(58(56)59)48-31-17-19-33-52(48)60(53)41-24-10-5-11-25-41)55-45-28-14-12-26-43(45)54(44-27-13-15-29-46(44)55)49-36-40(38-20-6-3-7-21-38)34-35-42(49)39-22-8-4-9-23-39/h3-37H,1-2H3. The van der Waals surface area contributed by atoms with E-state index >= 15 is 0 Å². The van der Waals surface area contributed by atoms with Crippen molar-refractivity contribution in [3.8, 4) is 61.3 Å². The topological polar surface area (TPSA) is 4.93 Å². The van der Waals surface area contributed by atoms with Gasteiger partial charge in [-0.05, 0) is 119 Å². The molecule has 0 amide bonds. The van der Waals surface area contributed by atoms with Crippen molar-refractivity contribution in [1.82, 2.24) is 4.57 Å². The van der Waals surface area contributed by atoms with Crippen LogP contribution in [0.15, 0.2) is 212 Å². The van der Waals surface area contributed by atoms with Gasteiger partial charge in [-0.3, -0.25) is 0 Å². The Morgan fingerprint density at radius 3 is 1.50 bits per heavy atom. The Kier molecular flexibility index (Phi) is 7.65. The van der Waals surface area contributed by atoms with Gasteiger partial charge in [0.2, 0.25) is 0 Å². The first-order valence-corrected chi connectivity index (χ1v) is 21.0. The van der Waals surface area contributed by atoms with E-state index in [1.807, 2.05) is 0 Å². The van der Waals surface area contributed by atoms with E-state index in [4.69, 9.17) is 0 Å². The van der Waals surface area contributed by atoms with Gasteiger partial charge in [-0.25, -0.2) is 0 Å². The summed E-state index contributed by atoms with van der Waals surface area (Å²) in [4.78, 5) is 0. The third-order valence-electron chi connectivity index (χ3n) is 13.2. The molecule has 0 unspecified atom stereocenters. The smallest absolute Gasteiger partial charge is 0.0550 e. The fourth-order valence-electron chi connectivity index (χ4n) is 10.6. The normalized spacial score (nSPS) is 13.0. The zero-order chi connectivity index (χ0) is 40.0. The lowest BCUT2D eigenvalue weighted by Gasteiger charge is -2.25. The number of hydrogen-bond donors (Lipinski definition) is 0. The van der Waals surface area contributed by atoms with Gasteiger partial charge in [0.1, 0.15) is 0 Å². The lowest BCUT2D eigenvalue weighted by atomic mass is 9.78. The summed E-state index contributed by atoms with van der Waals surface area (Å²) in [5, 5.41) is 7.62. The number of nitrogens with zero attached hydrogens (tertiary/aromatic N) is 1. The summed E-state index contributed by atoms with van der Waals surface area (Å²) in [7, 11) is 0. The van der Waals surface area contributed by atoms with Crippen LogP contribution in [-0.4, -0.2) is 4.57 Å². The summed E-state index contributed by atoms with van der Waals surface area (Å²) in [6, 6.07) is 78.5. The molecule has 1 aliphatic rings. The maximum atomic E-state index is 2.53. The Morgan fingerprint density at radius 2 is 0.850 bits per heavy atom. The molecule has 60 heavy (non-hydrogen) atoms. The fraction of sp³-hybridized carbons (Fsp3) is 0.0508. The molecule has 1 aromatic heterocycles. The van der Waals surface area contributed by atoms with Gasteiger partial charge in [0.25, 0.3) is 0 Å². The van der Waals surface area contributed by atoms with Crippen molar-refractivity contribution in [3.05, 3.63) is 223 Å². The molecule has 0 spiro atoms. The minimum atomic E-state index is -0.236. The van der Waals surface area contributed by atoms with Crippen LogP contribution in [0.3, 0.4) is 0 Å². The van der Waals surface area contributed by atoms with E-state index in [0.29, 0.717) is 0 Å². The van der Waals surface area contributed by atoms with E-state index in [2.05, 4.69) is 231 Å². The van der Waals surface area contributed by atoms with Gasteiger partial charge >= 0.3 is 0 Å². The largest absolute Gasteiger partial charge is 0.309 e. The fourth-order valence-corrected chi connectivity index (χ4v) is 10.6. The molecule has 1 nitrogen and oxygen atoms in total. The van der Waals surface area contributed by atoms with Crippen LogP contribution in [0.25, 0.3) is 105 Å². The quantitative estimate of drug-likeness (QED) is 0.154. The van der Waals surface area contributed by atoms with Crippen LogP contribution in [0.2, 0.25) is 0 Å². The summed E-state index contributed by atoms with van der Waals surface area (Å²) in [5.41, 5.74) is 18.7. The van der Waals surface area contributed by atoms with E-state index < -0.39 is 0 Å². The summed E-state index contributed by atoms with van der Waals surface area (Å²) in [6.07, 6.45) is 0. The van der Waals surface area contributed by atoms with Gasteiger partial charge in [0, 0.05) is 21.9 Å². The maximum absolute atomic E-state index is 2.53. The Morgan fingerprint density at radius 1 is 0.333 bits per heavy atom. The van der Waals surface area contributed by atoms with Gasteiger partial charge in [-0.15, -0.1) is 0 Å². The minimum absolute atomic E-state index is 0.236. The molecule has 0 saturated carbocycles. The van der Waals surface area contributed by atoms with Crippen LogP contribution in [0.5, 0.6) is 0 Å². The molecule has 0 fully saturated rings. The number of benzene rings is 10. The van der Waals surface area contributed by atoms with E-state index in [0.717, 1.165) is 0 Å². The summed E-state index contributed by atoms with van der Waals surface area (Å²) >= 11 is 0. The second-order valence-corrected chi connectivity index (χ2v) is 16.8. The van der Waals surface area contributed by atoms with Crippen molar-refractivity contribution in [1.29, 1.82) is 0 Å². The summed E-state index contributed by atoms with van der Waals surface area (Å²) in [6.45, 7) is 4.86. The molecular weight excluding hydrogens is 723 g/mol. The first-order valence-electron chi connectivity index (χ1n) is 21.0. The Bertz CT molecular complexity index is 3420. The van der Waals surface area contributed by atoms with Crippen LogP contribution in [-0.2, 0) is 5.41 Å². The number of rotatable bonds is 5. The molecule has 1 heteroatoms. The molecule has 282 valence electrons. The van der Waals surface area contributed by atoms with E-state index in [-0.39, 0.29) is 5.41 Å². The van der Waals surface area contributed by atoms with Gasteiger partial charge in [-0.2, -0.15) is 0 Å². The highest BCUT2D eigenvalue weighted by Gasteiger charge is 2.40. The van der Waals surface area contributed by atoms with Crippen LogP contribution in [0.1, 0.15) is 25.0 Å². The Balaban J connectivity index is 1.26. The van der Waals surface area contributed by atoms with Crippen LogP contribution in [0, 0.1) is 0 Å². The SMILES string of the molecule is CC1(C)c2ccccc2-c2c(-c3c4ccccc4c(-c4cc(-c5ccccc5)ccc4-c4ccccc4)c4ccccc34)cc3c(c21)c1ccccc1n3-c1ccccc1. The van der Waals surface area contributed by atoms with E-state index in [1.54, 1.807) is 0 Å². The van der Waals surface area contributed by atoms with Gasteiger partial charge in [-0.1, -0.05) is 196 Å². The molecule has 1 heterocycles. The van der Waals surface area contributed by atoms with Gasteiger partial charge < -0.3 is 4.57 Å². The third-order valence-corrected chi connectivity index (χ3v) is 13.2. The highest BCUT2D eigenvalue weighted by atomic mass is 15.0. The zero-order valence-corrected chi connectivity index (χ0v) is 33.7. The van der Waals surface area contributed by atoms with E-state index in [9.17, 15) is 0 Å². The molecule has 12 rings (SSSR count). The summed E-state index contributed by atoms with van der Waals surface area (Å²) < 4.78 is 2.49. The minimum Gasteiger partial charge on any atom is -0.309 e. The lowest BCUT2D eigenvalue weighted by molar-refractivity contribution is 0.666. The predicted molar refractivity (Wildman–Crippen MR) is 255 cm³/mol. The Labute approximate surface area is 350 Å². The second kappa shape index (κ2) is 13.3. The highest BCUT2D eigenvalue weighted by molar-refractivity contribution is 6.26. The Hall–Kier alpha value is -7.48. The van der Waals surface area contributed by atoms with Gasteiger partial charge in [0.05, 0.1) is 11.0 Å². The number of hydrogen-bond acceptors (Lipinski definition) is 0. The number of fused-ring (bicyclic) bond motifs is 9. The molecule has 11 aromatic rings. The summed E-state index contributed by atoms with van der Waals surface area (Å²) in [5.74, 6) is 0. The van der Waals surface area contributed by atoms with Crippen LogP contribution < -0.4 is 0 Å². The maximum Gasteiger partial charge on any atom is 0.0550 e. The monoisotopic (exact) mass is 763 g/mol. The van der Waals surface area contributed by atoms with E-state index in [1.165, 1.54) is 116 Å². The first kappa shape index (κ1) is 34.6. The molecule has 0 saturated heterocycles. The number of aromatic nitrogens is 1. The first-order chi connectivity index (χ1) is 29.6. The zero-order valence-electron chi connectivity index (χ0n) is 33.7. The molecule has 0 N–H and O–H groups in total. The second-order valence-electron chi connectivity index (χ2n) is 16.8.